The Morgan fingerprint density at radius 3 is 2.04 bits per heavy atom. The zero-order valence-electron chi connectivity index (χ0n) is 12.7. The van der Waals surface area contributed by atoms with E-state index in [-0.39, 0.29) is 17.2 Å². The highest BCUT2D eigenvalue weighted by atomic mass is 16.5. The number of aliphatic imine (C=N–C) groups is 2. The Bertz CT molecular complexity index is 727. The molecule has 0 aliphatic rings. The molecule has 0 atom stereocenters. The van der Waals surface area contributed by atoms with Crippen molar-refractivity contribution in [1.29, 1.82) is 0 Å². The summed E-state index contributed by atoms with van der Waals surface area (Å²) in [4.78, 5) is 8.32. The standard InChI is InChI=1S/C17H18N2O4/c1-23-15-7-3-5-13(17(15)22)11-19-9-8-18-10-12-4-2-6-14(20)16(12)21/h2-7,10-11,20-22H,8-9H2,1H3. The minimum absolute atomic E-state index is 0.0481. The highest BCUT2D eigenvalue weighted by Crippen LogP contribution is 2.28. The van der Waals surface area contributed by atoms with Gasteiger partial charge in [0, 0.05) is 23.6 Å². The normalized spacial score (nSPS) is 11.3. The van der Waals surface area contributed by atoms with E-state index in [2.05, 4.69) is 9.98 Å². The van der Waals surface area contributed by atoms with E-state index >= 15 is 0 Å². The third-order valence-corrected chi connectivity index (χ3v) is 3.12. The molecule has 6 heteroatoms. The molecule has 0 spiro atoms. The highest BCUT2D eigenvalue weighted by Gasteiger charge is 2.04. The van der Waals surface area contributed by atoms with Crippen LogP contribution in [-0.2, 0) is 0 Å². The molecule has 0 aromatic heterocycles. The third-order valence-electron chi connectivity index (χ3n) is 3.12. The Morgan fingerprint density at radius 1 is 0.870 bits per heavy atom. The molecule has 0 aliphatic carbocycles. The van der Waals surface area contributed by atoms with E-state index in [1.54, 1.807) is 36.5 Å². The van der Waals surface area contributed by atoms with Crippen molar-refractivity contribution < 1.29 is 20.1 Å². The molecule has 0 radical (unpaired) electrons. The van der Waals surface area contributed by atoms with E-state index in [9.17, 15) is 15.3 Å². The van der Waals surface area contributed by atoms with Crippen molar-refractivity contribution in [3.05, 3.63) is 47.5 Å². The summed E-state index contributed by atoms with van der Waals surface area (Å²) in [6.07, 6.45) is 3.03. The van der Waals surface area contributed by atoms with Crippen molar-refractivity contribution in [3.8, 4) is 23.0 Å². The largest absolute Gasteiger partial charge is 0.504 e. The first kappa shape index (κ1) is 16.4. The fourth-order valence-corrected chi connectivity index (χ4v) is 1.90. The van der Waals surface area contributed by atoms with Gasteiger partial charge in [-0.15, -0.1) is 0 Å². The maximum Gasteiger partial charge on any atom is 0.166 e. The molecule has 6 nitrogen and oxygen atoms in total. The second-order valence-corrected chi connectivity index (χ2v) is 4.68. The lowest BCUT2D eigenvalue weighted by molar-refractivity contribution is 0.373. The van der Waals surface area contributed by atoms with Gasteiger partial charge in [0.25, 0.3) is 0 Å². The predicted molar refractivity (Wildman–Crippen MR) is 89.4 cm³/mol. The Kier molecular flexibility index (Phi) is 5.57. The Balaban J connectivity index is 1.90. The molecule has 0 aliphatic heterocycles. The maximum atomic E-state index is 9.90. The summed E-state index contributed by atoms with van der Waals surface area (Å²) < 4.78 is 5.02. The molecule has 0 bridgehead atoms. The van der Waals surface area contributed by atoms with Crippen LogP contribution < -0.4 is 4.74 Å². The van der Waals surface area contributed by atoms with Crippen LogP contribution >= 0.6 is 0 Å². The number of hydrogen-bond acceptors (Lipinski definition) is 6. The zero-order chi connectivity index (χ0) is 16.7. The van der Waals surface area contributed by atoms with Crippen LogP contribution in [-0.4, -0.2) is 47.9 Å². The zero-order valence-corrected chi connectivity index (χ0v) is 12.7. The van der Waals surface area contributed by atoms with Gasteiger partial charge < -0.3 is 20.1 Å². The minimum atomic E-state index is -0.193. The Hall–Kier alpha value is -3.02. The van der Waals surface area contributed by atoms with E-state index < -0.39 is 0 Å². The SMILES string of the molecule is COc1cccc(C=NCCN=Cc2cccc(O)c2O)c1O. The van der Waals surface area contributed by atoms with E-state index in [4.69, 9.17) is 4.74 Å². The van der Waals surface area contributed by atoms with Crippen LogP contribution in [0.15, 0.2) is 46.4 Å². The molecule has 23 heavy (non-hydrogen) atoms. The van der Waals surface area contributed by atoms with Crippen molar-refractivity contribution in [3.63, 3.8) is 0 Å². The maximum absolute atomic E-state index is 9.90. The summed E-state index contributed by atoms with van der Waals surface area (Å²) >= 11 is 0. The lowest BCUT2D eigenvalue weighted by Gasteiger charge is -2.04. The first-order chi connectivity index (χ1) is 11.1. The fraction of sp³-hybridized carbons (Fsp3) is 0.176. The van der Waals surface area contributed by atoms with Crippen LogP contribution in [0.1, 0.15) is 11.1 Å². The lowest BCUT2D eigenvalue weighted by Crippen LogP contribution is -1.92. The van der Waals surface area contributed by atoms with Gasteiger partial charge in [-0.25, -0.2) is 0 Å². The summed E-state index contributed by atoms with van der Waals surface area (Å²) in [7, 11) is 1.49. The Labute approximate surface area is 134 Å². The number of para-hydroxylation sites is 2. The van der Waals surface area contributed by atoms with E-state index in [0.717, 1.165) is 0 Å². The second-order valence-electron chi connectivity index (χ2n) is 4.68. The molecule has 2 aromatic carbocycles. The number of nitrogens with zero attached hydrogens (tertiary/aromatic N) is 2. The van der Waals surface area contributed by atoms with Crippen molar-refractivity contribution >= 4 is 12.4 Å². The van der Waals surface area contributed by atoms with Crippen LogP contribution in [0.4, 0.5) is 0 Å². The van der Waals surface area contributed by atoms with Gasteiger partial charge in [0.15, 0.2) is 23.0 Å². The van der Waals surface area contributed by atoms with Crippen molar-refractivity contribution in [2.24, 2.45) is 9.98 Å². The lowest BCUT2D eigenvalue weighted by atomic mass is 10.2. The first-order valence-corrected chi connectivity index (χ1v) is 7.00. The first-order valence-electron chi connectivity index (χ1n) is 7.00. The molecule has 0 amide bonds. The van der Waals surface area contributed by atoms with Gasteiger partial charge in [0.2, 0.25) is 0 Å². The van der Waals surface area contributed by atoms with Crippen molar-refractivity contribution in [1.82, 2.24) is 0 Å². The van der Waals surface area contributed by atoms with Gasteiger partial charge in [0.05, 0.1) is 20.2 Å². The van der Waals surface area contributed by atoms with Crippen molar-refractivity contribution in [2.75, 3.05) is 20.2 Å². The molecular formula is C17H18N2O4. The summed E-state index contributed by atoms with van der Waals surface area (Å²) in [5.41, 5.74) is 1.01. The second kappa shape index (κ2) is 7.84. The van der Waals surface area contributed by atoms with Crippen LogP contribution in [0.5, 0.6) is 23.0 Å². The Morgan fingerprint density at radius 2 is 1.43 bits per heavy atom. The monoisotopic (exact) mass is 314 g/mol. The summed E-state index contributed by atoms with van der Waals surface area (Å²) in [6, 6.07) is 9.84. The van der Waals surface area contributed by atoms with Gasteiger partial charge in [-0.1, -0.05) is 12.1 Å². The summed E-state index contributed by atoms with van der Waals surface area (Å²) in [5.74, 6) is 0.0693. The highest BCUT2D eigenvalue weighted by molar-refractivity contribution is 5.85. The number of rotatable bonds is 6. The molecular weight excluding hydrogens is 296 g/mol. The smallest absolute Gasteiger partial charge is 0.166 e. The number of hydrogen-bond donors (Lipinski definition) is 3. The quantitative estimate of drug-likeness (QED) is 0.433. The number of aromatic hydroxyl groups is 3. The molecule has 2 rings (SSSR count). The molecule has 0 saturated heterocycles. The predicted octanol–water partition coefficient (Wildman–Crippen LogP) is 2.35. The van der Waals surface area contributed by atoms with Crippen LogP contribution in [0.2, 0.25) is 0 Å². The van der Waals surface area contributed by atoms with Crippen LogP contribution in [0, 0.1) is 0 Å². The molecule has 3 N–H and O–H groups in total. The van der Waals surface area contributed by atoms with E-state index in [1.807, 2.05) is 0 Å². The molecule has 120 valence electrons. The molecule has 0 fully saturated rings. The third kappa shape index (κ3) is 4.23. The van der Waals surface area contributed by atoms with Gasteiger partial charge in [0.1, 0.15) is 0 Å². The molecule has 0 heterocycles. The van der Waals surface area contributed by atoms with Crippen LogP contribution in [0.3, 0.4) is 0 Å². The van der Waals surface area contributed by atoms with E-state index in [0.29, 0.717) is 30.0 Å². The minimum Gasteiger partial charge on any atom is -0.504 e. The average Bonchev–Trinajstić information content (AvgIpc) is 2.56. The number of methoxy groups -OCH3 is 1. The number of ether oxygens (including phenoxy) is 1. The fourth-order valence-electron chi connectivity index (χ4n) is 1.90. The summed E-state index contributed by atoms with van der Waals surface area (Å²) in [6.45, 7) is 0.836. The summed E-state index contributed by atoms with van der Waals surface area (Å²) in [5, 5.41) is 28.9. The van der Waals surface area contributed by atoms with Gasteiger partial charge in [-0.3, -0.25) is 9.98 Å². The van der Waals surface area contributed by atoms with Gasteiger partial charge in [-0.05, 0) is 24.3 Å². The van der Waals surface area contributed by atoms with Gasteiger partial charge >= 0.3 is 0 Å². The van der Waals surface area contributed by atoms with Crippen LogP contribution in [0.25, 0.3) is 0 Å². The number of benzene rings is 2. The van der Waals surface area contributed by atoms with Crippen molar-refractivity contribution in [2.45, 2.75) is 0 Å². The number of phenols is 3. The van der Waals surface area contributed by atoms with E-state index in [1.165, 1.54) is 19.4 Å². The molecule has 0 saturated carbocycles. The van der Waals surface area contributed by atoms with Gasteiger partial charge in [-0.2, -0.15) is 0 Å². The topological polar surface area (TPSA) is 94.6 Å². The molecule has 0 unspecified atom stereocenters. The molecule has 2 aromatic rings. The number of phenolic OH excluding ortho intramolecular Hbond substituents is 3. The average molecular weight is 314 g/mol.